The third kappa shape index (κ3) is 7.98. The van der Waals surface area contributed by atoms with Crippen molar-refractivity contribution in [2.75, 3.05) is 25.5 Å². The maximum atomic E-state index is 14.5. The van der Waals surface area contributed by atoms with Gasteiger partial charge in [-0.25, -0.2) is 13.4 Å². The molecule has 4 aromatic rings. The molecule has 1 heterocycles. The number of aliphatic hydroxyl groups excluding tert-OH is 1. The first-order valence-electron chi connectivity index (χ1n) is 15.3. The van der Waals surface area contributed by atoms with E-state index in [9.17, 15) is 18.7 Å². The van der Waals surface area contributed by atoms with E-state index < -0.39 is 33.1 Å². The van der Waals surface area contributed by atoms with E-state index in [2.05, 4.69) is 15.3 Å². The molecule has 48 heavy (non-hydrogen) atoms. The standard InChI is InChI=1S/C35H34ClN5O6S/c36-30-13-6-4-9-25(30)19-21-38-34(43)35(20-24-48(44,45)28-10-2-1-3-11-28)32(29-12-5-7-14-31(29)40-41-37)47-33(39-35)26-15-17-27(18-16-26)46-23-8-22-42/h1-7,9-18,32,42H,8,19-24H2,(H,38,43)/t32-,35-/m1/s1. The number of hydrogen-bond acceptors (Lipinski definition) is 8. The Hall–Kier alpha value is -4.87. The van der Waals surface area contributed by atoms with Gasteiger partial charge in [0.2, 0.25) is 5.90 Å². The van der Waals surface area contributed by atoms with Crippen molar-refractivity contribution in [3.05, 3.63) is 135 Å². The minimum Gasteiger partial charge on any atom is -0.494 e. The summed E-state index contributed by atoms with van der Waals surface area (Å²) >= 11 is 6.35. The Bertz CT molecular complexity index is 1920. The van der Waals surface area contributed by atoms with Crippen LogP contribution in [0.5, 0.6) is 5.75 Å². The summed E-state index contributed by atoms with van der Waals surface area (Å²) in [6.07, 6.45) is -0.507. The molecule has 0 radical (unpaired) electrons. The van der Waals surface area contributed by atoms with Gasteiger partial charge in [0.25, 0.3) is 5.91 Å². The summed E-state index contributed by atoms with van der Waals surface area (Å²) in [5.41, 5.74) is 9.49. The van der Waals surface area contributed by atoms with Crippen molar-refractivity contribution in [3.8, 4) is 5.75 Å². The summed E-state index contributed by atoms with van der Waals surface area (Å²) in [6.45, 7) is 0.522. The lowest BCUT2D eigenvalue weighted by Gasteiger charge is -2.31. The second-order valence-corrected chi connectivity index (χ2v) is 13.5. The molecule has 2 N–H and O–H groups in total. The van der Waals surface area contributed by atoms with Crippen LogP contribution in [0.25, 0.3) is 10.4 Å². The van der Waals surface area contributed by atoms with E-state index >= 15 is 0 Å². The first-order valence-corrected chi connectivity index (χ1v) is 17.3. The fourth-order valence-electron chi connectivity index (χ4n) is 5.40. The van der Waals surface area contributed by atoms with Crippen LogP contribution in [0.1, 0.15) is 35.6 Å². The number of halogens is 1. The maximum absolute atomic E-state index is 14.5. The molecule has 0 saturated heterocycles. The predicted octanol–water partition coefficient (Wildman–Crippen LogP) is 6.52. The molecule has 5 rings (SSSR count). The zero-order valence-corrected chi connectivity index (χ0v) is 27.5. The molecule has 0 fully saturated rings. The van der Waals surface area contributed by atoms with Crippen molar-refractivity contribution in [3.63, 3.8) is 0 Å². The summed E-state index contributed by atoms with van der Waals surface area (Å²) in [4.78, 5) is 22.4. The zero-order chi connectivity index (χ0) is 34.0. The zero-order valence-electron chi connectivity index (χ0n) is 25.9. The van der Waals surface area contributed by atoms with E-state index in [1.54, 1.807) is 72.8 Å². The molecule has 248 valence electrons. The Morgan fingerprint density at radius 1 is 1.02 bits per heavy atom. The number of azide groups is 1. The molecule has 1 aliphatic rings. The number of nitrogens with zero attached hydrogens (tertiary/aromatic N) is 4. The SMILES string of the molecule is [N-]=[N+]=Nc1ccccc1[C@H]1OC(c2ccc(OCCCO)cc2)=N[C@@]1(CCS(=O)(=O)c1ccccc1)C(=O)NCCc1ccccc1Cl. The summed E-state index contributed by atoms with van der Waals surface area (Å²) in [7, 11) is -3.85. The summed E-state index contributed by atoms with van der Waals surface area (Å²) in [6, 6.07) is 28.8. The quantitative estimate of drug-likeness (QED) is 0.0625. The number of nitrogens with one attached hydrogen (secondary N) is 1. The Morgan fingerprint density at radius 3 is 2.46 bits per heavy atom. The number of aliphatic imine (C=N–C) groups is 1. The molecule has 0 spiro atoms. The van der Waals surface area contributed by atoms with Crippen LogP contribution in [0, 0.1) is 0 Å². The van der Waals surface area contributed by atoms with Crippen LogP contribution < -0.4 is 10.1 Å². The van der Waals surface area contributed by atoms with E-state index in [1.165, 1.54) is 12.1 Å². The largest absolute Gasteiger partial charge is 0.494 e. The average molecular weight is 688 g/mol. The van der Waals surface area contributed by atoms with E-state index in [0.717, 1.165) is 5.56 Å². The number of carbonyl (C=O) groups is 1. The normalized spacial score (nSPS) is 17.1. The Morgan fingerprint density at radius 2 is 1.73 bits per heavy atom. The lowest BCUT2D eigenvalue weighted by molar-refractivity contribution is -0.129. The van der Waals surface area contributed by atoms with Crippen molar-refractivity contribution in [2.45, 2.75) is 35.8 Å². The highest BCUT2D eigenvalue weighted by Crippen LogP contribution is 2.46. The highest BCUT2D eigenvalue weighted by atomic mass is 35.5. The third-order valence-electron chi connectivity index (χ3n) is 7.89. The fourth-order valence-corrected chi connectivity index (χ4v) is 7.01. The lowest BCUT2D eigenvalue weighted by atomic mass is 9.84. The van der Waals surface area contributed by atoms with Crippen LogP contribution in [0.3, 0.4) is 0 Å². The van der Waals surface area contributed by atoms with E-state index in [4.69, 9.17) is 31.2 Å². The fraction of sp³-hybridized carbons (Fsp3) is 0.257. The van der Waals surface area contributed by atoms with Gasteiger partial charge in [-0.15, -0.1) is 0 Å². The second-order valence-electron chi connectivity index (χ2n) is 11.0. The molecule has 0 aliphatic carbocycles. The number of aliphatic hydroxyl groups is 1. The first kappa shape index (κ1) is 34.5. The molecule has 0 unspecified atom stereocenters. The number of hydrogen-bond donors (Lipinski definition) is 2. The van der Waals surface area contributed by atoms with Gasteiger partial charge in [0.1, 0.15) is 5.75 Å². The van der Waals surface area contributed by atoms with Crippen molar-refractivity contribution < 1.29 is 27.8 Å². The Labute approximate surface area is 283 Å². The predicted molar refractivity (Wildman–Crippen MR) is 183 cm³/mol. The molecule has 0 bridgehead atoms. The number of ether oxygens (including phenoxy) is 2. The Balaban J connectivity index is 1.57. The van der Waals surface area contributed by atoms with Crippen molar-refractivity contribution in [2.24, 2.45) is 10.1 Å². The minimum atomic E-state index is -3.85. The van der Waals surface area contributed by atoms with Gasteiger partial charge >= 0.3 is 0 Å². The van der Waals surface area contributed by atoms with Gasteiger partial charge < -0.3 is 19.9 Å². The molecule has 11 nitrogen and oxygen atoms in total. The van der Waals surface area contributed by atoms with Crippen LogP contribution in [0.2, 0.25) is 5.02 Å². The van der Waals surface area contributed by atoms with Crippen LogP contribution >= 0.6 is 11.6 Å². The maximum Gasteiger partial charge on any atom is 0.252 e. The minimum absolute atomic E-state index is 0.00393. The summed E-state index contributed by atoms with van der Waals surface area (Å²) in [5.74, 6) is -0.311. The molecule has 0 saturated carbocycles. The number of rotatable bonds is 15. The summed E-state index contributed by atoms with van der Waals surface area (Å²) < 4.78 is 39.3. The second kappa shape index (κ2) is 15.8. The van der Waals surface area contributed by atoms with Gasteiger partial charge in [-0.2, -0.15) is 0 Å². The van der Waals surface area contributed by atoms with Gasteiger partial charge in [0.15, 0.2) is 21.5 Å². The van der Waals surface area contributed by atoms with Crippen LogP contribution in [-0.2, 0) is 25.8 Å². The number of sulfone groups is 1. The molecule has 0 aromatic heterocycles. The van der Waals surface area contributed by atoms with Crippen molar-refractivity contribution in [1.29, 1.82) is 0 Å². The van der Waals surface area contributed by atoms with Gasteiger partial charge in [0, 0.05) is 52.7 Å². The van der Waals surface area contributed by atoms with Crippen LogP contribution in [0.4, 0.5) is 5.69 Å². The molecule has 4 aromatic carbocycles. The molecule has 2 atom stereocenters. The first-order chi connectivity index (χ1) is 23.3. The molecule has 13 heteroatoms. The van der Waals surface area contributed by atoms with E-state index in [-0.39, 0.29) is 36.1 Å². The highest BCUT2D eigenvalue weighted by Gasteiger charge is 2.54. The summed E-state index contributed by atoms with van der Waals surface area (Å²) in [5, 5.41) is 16.4. The van der Waals surface area contributed by atoms with Gasteiger partial charge in [-0.3, -0.25) is 4.79 Å². The smallest absolute Gasteiger partial charge is 0.252 e. The average Bonchev–Trinajstić information content (AvgIpc) is 3.50. The monoisotopic (exact) mass is 687 g/mol. The number of amides is 1. The number of benzene rings is 4. The molecule has 1 aliphatic heterocycles. The molecular formula is C35H34ClN5O6S. The van der Waals surface area contributed by atoms with Crippen LogP contribution in [0.15, 0.2) is 118 Å². The number of carbonyl (C=O) groups excluding carboxylic acids is 1. The third-order valence-corrected chi connectivity index (χ3v) is 9.99. The van der Waals surface area contributed by atoms with Crippen molar-refractivity contribution >= 4 is 38.9 Å². The van der Waals surface area contributed by atoms with E-state index in [0.29, 0.717) is 41.3 Å². The van der Waals surface area contributed by atoms with Crippen LogP contribution in [-0.4, -0.2) is 56.4 Å². The topological polar surface area (TPSA) is 163 Å². The van der Waals surface area contributed by atoms with Gasteiger partial charge in [-0.1, -0.05) is 77.4 Å². The van der Waals surface area contributed by atoms with Gasteiger partial charge in [0.05, 0.1) is 17.3 Å². The molecular weight excluding hydrogens is 654 g/mol. The Kier molecular flexibility index (Phi) is 11.4. The van der Waals surface area contributed by atoms with Crippen molar-refractivity contribution in [1.82, 2.24) is 5.32 Å². The lowest BCUT2D eigenvalue weighted by Crippen LogP contribution is -2.49. The van der Waals surface area contributed by atoms with Gasteiger partial charge in [-0.05, 0) is 60.0 Å². The van der Waals surface area contributed by atoms with E-state index in [1.807, 2.05) is 18.2 Å². The molecule has 1 amide bonds. The highest BCUT2D eigenvalue weighted by molar-refractivity contribution is 7.91.